The molecule has 1 saturated carbocycles. The second-order valence-electron chi connectivity index (χ2n) is 4.61. The summed E-state index contributed by atoms with van der Waals surface area (Å²) in [6, 6.07) is 8.12. The molecule has 0 amide bonds. The van der Waals surface area contributed by atoms with E-state index in [1.807, 2.05) is 18.2 Å². The number of benzene rings is 1. The minimum Gasteiger partial charge on any atom is -0.496 e. The van der Waals surface area contributed by atoms with Gasteiger partial charge in [-0.15, -0.1) is 0 Å². The topological polar surface area (TPSA) is 29.5 Å². The van der Waals surface area contributed by atoms with Crippen molar-refractivity contribution in [3.05, 3.63) is 29.8 Å². The third kappa shape index (κ3) is 2.99. The summed E-state index contributed by atoms with van der Waals surface area (Å²) in [6.07, 6.45) is 5.31. The molecule has 0 radical (unpaired) electrons. The molecule has 0 heterocycles. The minimum atomic E-state index is -0.0743. The van der Waals surface area contributed by atoms with E-state index in [0.717, 1.165) is 25.0 Å². The van der Waals surface area contributed by atoms with Gasteiger partial charge in [-0.1, -0.05) is 18.2 Å². The van der Waals surface area contributed by atoms with E-state index in [0.29, 0.717) is 5.92 Å². The maximum absolute atomic E-state index is 9.76. The van der Waals surface area contributed by atoms with Crippen LogP contribution >= 0.6 is 0 Å². The van der Waals surface area contributed by atoms with Gasteiger partial charge in [0.1, 0.15) is 5.75 Å². The van der Waals surface area contributed by atoms with Crippen molar-refractivity contribution < 1.29 is 9.84 Å². The molecule has 2 rings (SSSR count). The normalized spacial score (nSPS) is 17.1. The Labute approximate surface area is 97.3 Å². The first-order valence-electron chi connectivity index (χ1n) is 6.11. The van der Waals surface area contributed by atoms with E-state index in [-0.39, 0.29) is 6.10 Å². The van der Waals surface area contributed by atoms with Crippen LogP contribution in [-0.4, -0.2) is 18.3 Å². The summed E-state index contributed by atoms with van der Waals surface area (Å²) in [7, 11) is 1.71. The molecule has 1 N–H and O–H groups in total. The molecule has 88 valence electrons. The summed E-state index contributed by atoms with van der Waals surface area (Å²) >= 11 is 0. The van der Waals surface area contributed by atoms with Crippen LogP contribution in [0.3, 0.4) is 0 Å². The van der Waals surface area contributed by atoms with Crippen molar-refractivity contribution in [3.8, 4) is 5.75 Å². The Morgan fingerprint density at radius 1 is 1.38 bits per heavy atom. The molecule has 1 atom stereocenters. The summed E-state index contributed by atoms with van der Waals surface area (Å²) in [4.78, 5) is 0. The molecule has 0 bridgehead atoms. The summed E-state index contributed by atoms with van der Waals surface area (Å²) in [5.41, 5.74) is 1.24. The van der Waals surface area contributed by atoms with Crippen LogP contribution in [0.2, 0.25) is 0 Å². The second-order valence-corrected chi connectivity index (χ2v) is 4.61. The molecule has 1 fully saturated rings. The maximum atomic E-state index is 9.76. The lowest BCUT2D eigenvalue weighted by Gasteiger charge is -2.10. The highest BCUT2D eigenvalue weighted by Gasteiger charge is 2.28. The van der Waals surface area contributed by atoms with Gasteiger partial charge in [-0.3, -0.25) is 0 Å². The van der Waals surface area contributed by atoms with E-state index < -0.39 is 0 Å². The molecule has 1 aromatic carbocycles. The molecule has 16 heavy (non-hydrogen) atoms. The van der Waals surface area contributed by atoms with Gasteiger partial charge in [-0.05, 0) is 49.7 Å². The zero-order chi connectivity index (χ0) is 11.4. The number of aliphatic hydroxyl groups excluding tert-OH is 1. The van der Waals surface area contributed by atoms with Crippen LogP contribution in [0.1, 0.15) is 31.2 Å². The summed E-state index contributed by atoms with van der Waals surface area (Å²) in [6.45, 7) is 0. The number of hydrogen-bond acceptors (Lipinski definition) is 2. The molecule has 2 nitrogen and oxygen atoms in total. The molecule has 0 aliphatic heterocycles. The third-order valence-corrected chi connectivity index (χ3v) is 3.30. The Kier molecular flexibility index (Phi) is 3.83. The van der Waals surface area contributed by atoms with Crippen LogP contribution in [0.25, 0.3) is 0 Å². The van der Waals surface area contributed by atoms with E-state index >= 15 is 0 Å². The molecule has 0 saturated heterocycles. The van der Waals surface area contributed by atoms with Crippen molar-refractivity contribution in [1.29, 1.82) is 0 Å². The molecular weight excluding hydrogens is 200 g/mol. The van der Waals surface area contributed by atoms with Crippen molar-refractivity contribution in [2.75, 3.05) is 7.11 Å². The van der Waals surface area contributed by atoms with Gasteiger partial charge in [0, 0.05) is 0 Å². The highest BCUT2D eigenvalue weighted by molar-refractivity contribution is 5.33. The minimum absolute atomic E-state index is 0.0743. The highest BCUT2D eigenvalue weighted by Crippen LogP contribution is 2.34. The van der Waals surface area contributed by atoms with Crippen LogP contribution in [0.5, 0.6) is 5.75 Å². The van der Waals surface area contributed by atoms with E-state index in [2.05, 4.69) is 6.07 Å². The molecule has 2 heteroatoms. The van der Waals surface area contributed by atoms with Gasteiger partial charge in [0.2, 0.25) is 0 Å². The van der Waals surface area contributed by atoms with Gasteiger partial charge < -0.3 is 9.84 Å². The standard InChI is InChI=1S/C14H20O2/c1-16-14-8-3-2-5-12(14)6-4-7-13(15)11-9-10-11/h2-3,5,8,11,13,15H,4,6-7,9-10H2,1H3. The van der Waals surface area contributed by atoms with E-state index in [4.69, 9.17) is 4.74 Å². The molecule has 1 aromatic rings. The summed E-state index contributed by atoms with van der Waals surface area (Å²) in [5, 5.41) is 9.76. The fourth-order valence-corrected chi connectivity index (χ4v) is 2.13. The molecule has 1 unspecified atom stereocenters. The van der Waals surface area contributed by atoms with E-state index in [9.17, 15) is 5.11 Å². The van der Waals surface area contributed by atoms with Gasteiger partial charge in [-0.2, -0.15) is 0 Å². The van der Waals surface area contributed by atoms with Crippen LogP contribution in [0, 0.1) is 5.92 Å². The average Bonchev–Trinajstić information content (AvgIpc) is 3.13. The van der Waals surface area contributed by atoms with Crippen LogP contribution in [0.4, 0.5) is 0 Å². The lowest BCUT2D eigenvalue weighted by molar-refractivity contribution is 0.139. The van der Waals surface area contributed by atoms with Gasteiger partial charge in [0.05, 0.1) is 13.2 Å². The second kappa shape index (κ2) is 5.35. The first-order chi connectivity index (χ1) is 7.81. The Bertz CT molecular complexity index is 331. The summed E-state index contributed by atoms with van der Waals surface area (Å²) in [5.74, 6) is 1.56. The largest absolute Gasteiger partial charge is 0.496 e. The van der Waals surface area contributed by atoms with Gasteiger partial charge >= 0.3 is 0 Å². The predicted molar refractivity (Wildman–Crippen MR) is 64.7 cm³/mol. The zero-order valence-corrected chi connectivity index (χ0v) is 9.86. The molecular formula is C14H20O2. The predicted octanol–water partition coefficient (Wildman–Crippen LogP) is 2.79. The number of aliphatic hydroxyl groups is 1. The van der Waals surface area contributed by atoms with E-state index in [1.165, 1.54) is 18.4 Å². The lowest BCUT2D eigenvalue weighted by atomic mass is 10.0. The number of para-hydroxylation sites is 1. The summed E-state index contributed by atoms with van der Waals surface area (Å²) < 4.78 is 5.30. The Balaban J connectivity index is 1.79. The Morgan fingerprint density at radius 2 is 2.12 bits per heavy atom. The van der Waals surface area contributed by atoms with Gasteiger partial charge in [0.15, 0.2) is 0 Å². The molecule has 1 aliphatic rings. The van der Waals surface area contributed by atoms with Gasteiger partial charge in [0.25, 0.3) is 0 Å². The number of hydrogen-bond donors (Lipinski definition) is 1. The number of rotatable bonds is 6. The SMILES string of the molecule is COc1ccccc1CCCC(O)C1CC1. The van der Waals surface area contributed by atoms with Crippen molar-refractivity contribution in [2.24, 2.45) is 5.92 Å². The van der Waals surface area contributed by atoms with Crippen molar-refractivity contribution in [2.45, 2.75) is 38.2 Å². The number of aryl methyl sites for hydroxylation is 1. The van der Waals surface area contributed by atoms with E-state index in [1.54, 1.807) is 7.11 Å². The maximum Gasteiger partial charge on any atom is 0.122 e. The monoisotopic (exact) mass is 220 g/mol. The van der Waals surface area contributed by atoms with Crippen molar-refractivity contribution >= 4 is 0 Å². The molecule has 0 spiro atoms. The highest BCUT2D eigenvalue weighted by atomic mass is 16.5. The first kappa shape index (κ1) is 11.5. The van der Waals surface area contributed by atoms with Crippen molar-refractivity contribution in [1.82, 2.24) is 0 Å². The lowest BCUT2D eigenvalue weighted by Crippen LogP contribution is -2.09. The van der Waals surface area contributed by atoms with Crippen LogP contribution in [-0.2, 0) is 6.42 Å². The first-order valence-corrected chi connectivity index (χ1v) is 6.11. The average molecular weight is 220 g/mol. The fourth-order valence-electron chi connectivity index (χ4n) is 2.13. The Morgan fingerprint density at radius 3 is 2.81 bits per heavy atom. The fraction of sp³-hybridized carbons (Fsp3) is 0.571. The van der Waals surface area contributed by atoms with Gasteiger partial charge in [-0.25, -0.2) is 0 Å². The Hall–Kier alpha value is -1.02. The third-order valence-electron chi connectivity index (χ3n) is 3.30. The zero-order valence-electron chi connectivity index (χ0n) is 9.86. The van der Waals surface area contributed by atoms with Crippen molar-refractivity contribution in [3.63, 3.8) is 0 Å². The molecule has 1 aliphatic carbocycles. The smallest absolute Gasteiger partial charge is 0.122 e. The number of ether oxygens (including phenoxy) is 1. The number of methoxy groups -OCH3 is 1. The molecule has 0 aromatic heterocycles. The quantitative estimate of drug-likeness (QED) is 0.798. The van der Waals surface area contributed by atoms with Crippen LogP contribution < -0.4 is 4.74 Å². The van der Waals surface area contributed by atoms with Crippen LogP contribution in [0.15, 0.2) is 24.3 Å².